The van der Waals surface area contributed by atoms with Crippen LogP contribution in [0, 0.1) is 5.82 Å². The van der Waals surface area contributed by atoms with Crippen LogP contribution in [-0.2, 0) is 0 Å². The van der Waals surface area contributed by atoms with E-state index in [4.69, 9.17) is 11.6 Å². The first-order valence-corrected chi connectivity index (χ1v) is 5.70. The molecule has 0 saturated carbocycles. The molecule has 0 aliphatic rings. The molecule has 2 N–H and O–H groups in total. The van der Waals surface area contributed by atoms with E-state index in [2.05, 4.69) is 31.4 Å². The minimum absolute atomic E-state index is 0.0985. The molecule has 0 radical (unpaired) electrons. The van der Waals surface area contributed by atoms with Crippen molar-refractivity contribution in [3.05, 3.63) is 29.0 Å². The largest absolute Gasteiger partial charge is 0.384 e. The van der Waals surface area contributed by atoms with Gasteiger partial charge in [0.05, 0.1) is 0 Å². The normalized spacial score (nSPS) is 11.6. The Balaban J connectivity index is 2.37. The summed E-state index contributed by atoms with van der Waals surface area (Å²) in [7, 11) is 0. The Morgan fingerprint density at radius 3 is 2.44 bits per heavy atom. The zero-order valence-electron chi connectivity index (χ0n) is 9.90. The molecule has 2 nitrogen and oxygen atoms in total. The van der Waals surface area contributed by atoms with Gasteiger partial charge in [-0.3, -0.25) is 0 Å². The van der Waals surface area contributed by atoms with Gasteiger partial charge in [-0.05, 0) is 39.0 Å². The smallest absolute Gasteiger partial charge is 0.126 e. The van der Waals surface area contributed by atoms with E-state index in [0.29, 0.717) is 10.7 Å². The van der Waals surface area contributed by atoms with Crippen LogP contribution in [0.5, 0.6) is 0 Å². The molecule has 0 fully saturated rings. The monoisotopic (exact) mass is 244 g/mol. The standard InChI is InChI=1S/C12H18ClFN2/c1-12(2,3)16-5-4-15-11-7-9(13)6-10(14)8-11/h6-8,15-16H,4-5H2,1-3H3. The molecule has 0 unspecified atom stereocenters. The molecule has 0 spiro atoms. The molecule has 0 atom stereocenters. The highest BCUT2D eigenvalue weighted by Crippen LogP contribution is 2.17. The fourth-order valence-corrected chi connectivity index (χ4v) is 1.52. The lowest BCUT2D eigenvalue weighted by atomic mass is 10.1. The molecule has 0 aliphatic heterocycles. The van der Waals surface area contributed by atoms with Crippen LogP contribution in [0.2, 0.25) is 5.02 Å². The van der Waals surface area contributed by atoms with E-state index in [1.165, 1.54) is 12.1 Å². The van der Waals surface area contributed by atoms with Crippen LogP contribution in [0.25, 0.3) is 0 Å². The van der Waals surface area contributed by atoms with Crippen LogP contribution in [-0.4, -0.2) is 18.6 Å². The Bertz CT molecular complexity index is 327. The van der Waals surface area contributed by atoms with Gasteiger partial charge >= 0.3 is 0 Å². The van der Waals surface area contributed by atoms with Crippen LogP contribution in [0.1, 0.15) is 20.8 Å². The molecule has 0 heterocycles. The van der Waals surface area contributed by atoms with E-state index >= 15 is 0 Å². The van der Waals surface area contributed by atoms with Crippen molar-refractivity contribution in [2.75, 3.05) is 18.4 Å². The van der Waals surface area contributed by atoms with E-state index in [1.54, 1.807) is 6.07 Å². The molecule has 0 bridgehead atoms. The van der Waals surface area contributed by atoms with Gasteiger partial charge in [0.25, 0.3) is 0 Å². The maximum atomic E-state index is 13.0. The van der Waals surface area contributed by atoms with Gasteiger partial charge in [-0.15, -0.1) is 0 Å². The molecule has 0 aromatic heterocycles. The molecule has 16 heavy (non-hydrogen) atoms. The minimum Gasteiger partial charge on any atom is -0.384 e. The summed E-state index contributed by atoms with van der Waals surface area (Å²) in [6, 6.07) is 4.44. The molecule has 90 valence electrons. The zero-order valence-corrected chi connectivity index (χ0v) is 10.7. The Morgan fingerprint density at radius 2 is 1.88 bits per heavy atom. The second-order valence-corrected chi connectivity index (χ2v) is 5.20. The number of nitrogens with one attached hydrogen (secondary N) is 2. The molecular formula is C12H18ClFN2. The summed E-state index contributed by atoms with van der Waals surface area (Å²) in [4.78, 5) is 0. The van der Waals surface area contributed by atoms with Crippen molar-refractivity contribution < 1.29 is 4.39 Å². The summed E-state index contributed by atoms with van der Waals surface area (Å²) < 4.78 is 13.0. The molecule has 1 aromatic rings. The summed E-state index contributed by atoms with van der Waals surface area (Å²) in [5.74, 6) is -0.321. The van der Waals surface area contributed by atoms with Crippen molar-refractivity contribution in [1.29, 1.82) is 0 Å². The number of rotatable bonds is 4. The first-order chi connectivity index (χ1) is 7.37. The zero-order chi connectivity index (χ0) is 12.2. The van der Waals surface area contributed by atoms with Crippen LogP contribution >= 0.6 is 11.6 Å². The molecule has 0 amide bonds. The lowest BCUT2D eigenvalue weighted by molar-refractivity contribution is 0.435. The van der Waals surface area contributed by atoms with E-state index in [-0.39, 0.29) is 11.4 Å². The van der Waals surface area contributed by atoms with Crippen molar-refractivity contribution in [3.8, 4) is 0 Å². The molecular weight excluding hydrogens is 227 g/mol. The topological polar surface area (TPSA) is 24.1 Å². The Hall–Kier alpha value is -0.800. The molecule has 4 heteroatoms. The van der Waals surface area contributed by atoms with Gasteiger partial charge in [-0.25, -0.2) is 4.39 Å². The molecule has 0 saturated heterocycles. The molecule has 1 rings (SSSR count). The highest BCUT2D eigenvalue weighted by Gasteiger charge is 2.07. The second-order valence-electron chi connectivity index (χ2n) is 4.76. The summed E-state index contributed by atoms with van der Waals surface area (Å²) in [6.45, 7) is 7.86. The summed E-state index contributed by atoms with van der Waals surface area (Å²) in [5, 5.41) is 6.85. The average molecular weight is 245 g/mol. The lowest BCUT2D eigenvalue weighted by Gasteiger charge is -2.20. The highest BCUT2D eigenvalue weighted by molar-refractivity contribution is 6.30. The third kappa shape index (κ3) is 5.33. The van der Waals surface area contributed by atoms with Crippen LogP contribution in [0.15, 0.2) is 18.2 Å². The van der Waals surface area contributed by atoms with Crippen molar-refractivity contribution in [1.82, 2.24) is 5.32 Å². The maximum Gasteiger partial charge on any atom is 0.126 e. The number of benzene rings is 1. The van der Waals surface area contributed by atoms with E-state index < -0.39 is 0 Å². The first kappa shape index (κ1) is 13.3. The van der Waals surface area contributed by atoms with Crippen LogP contribution < -0.4 is 10.6 Å². The van der Waals surface area contributed by atoms with E-state index in [9.17, 15) is 4.39 Å². The van der Waals surface area contributed by atoms with Crippen LogP contribution in [0.4, 0.5) is 10.1 Å². The minimum atomic E-state index is -0.321. The predicted octanol–water partition coefficient (Wildman–Crippen LogP) is 3.28. The molecule has 0 aliphatic carbocycles. The number of halogens is 2. The van der Waals surface area contributed by atoms with Crippen molar-refractivity contribution in [2.24, 2.45) is 0 Å². The van der Waals surface area contributed by atoms with Gasteiger partial charge in [-0.1, -0.05) is 11.6 Å². The lowest BCUT2D eigenvalue weighted by Crippen LogP contribution is -2.38. The fourth-order valence-electron chi connectivity index (χ4n) is 1.30. The van der Waals surface area contributed by atoms with Crippen LogP contribution in [0.3, 0.4) is 0 Å². The molecule has 1 aromatic carbocycles. The van der Waals surface area contributed by atoms with Gasteiger partial charge in [0, 0.05) is 29.3 Å². The average Bonchev–Trinajstić information content (AvgIpc) is 2.09. The maximum absolute atomic E-state index is 13.0. The van der Waals surface area contributed by atoms with Gasteiger partial charge in [0.1, 0.15) is 5.82 Å². The van der Waals surface area contributed by atoms with Gasteiger partial charge < -0.3 is 10.6 Å². The van der Waals surface area contributed by atoms with Crippen molar-refractivity contribution in [2.45, 2.75) is 26.3 Å². The number of hydrogen-bond donors (Lipinski definition) is 2. The van der Waals surface area contributed by atoms with Gasteiger partial charge in [0.15, 0.2) is 0 Å². The van der Waals surface area contributed by atoms with E-state index in [1.807, 2.05) is 0 Å². The number of anilines is 1. The Labute approximate surface area is 101 Å². The Morgan fingerprint density at radius 1 is 1.19 bits per heavy atom. The summed E-state index contributed by atoms with van der Waals surface area (Å²) >= 11 is 5.74. The number of hydrogen-bond acceptors (Lipinski definition) is 2. The SMILES string of the molecule is CC(C)(C)NCCNc1cc(F)cc(Cl)c1. The fraction of sp³-hybridized carbons (Fsp3) is 0.500. The van der Waals surface area contributed by atoms with Gasteiger partial charge in [0.2, 0.25) is 0 Å². The predicted molar refractivity (Wildman–Crippen MR) is 67.7 cm³/mol. The van der Waals surface area contributed by atoms with E-state index in [0.717, 1.165) is 13.1 Å². The van der Waals surface area contributed by atoms with Crippen molar-refractivity contribution >= 4 is 17.3 Å². The third-order valence-corrected chi connectivity index (χ3v) is 2.19. The highest BCUT2D eigenvalue weighted by atomic mass is 35.5. The first-order valence-electron chi connectivity index (χ1n) is 5.32. The second kappa shape index (κ2) is 5.51. The summed E-state index contributed by atoms with van der Waals surface area (Å²) in [5.41, 5.74) is 0.807. The third-order valence-electron chi connectivity index (χ3n) is 1.97. The summed E-state index contributed by atoms with van der Waals surface area (Å²) in [6.07, 6.45) is 0. The Kier molecular flexibility index (Phi) is 4.56. The van der Waals surface area contributed by atoms with Crippen molar-refractivity contribution in [3.63, 3.8) is 0 Å². The quantitative estimate of drug-likeness (QED) is 0.795. The van der Waals surface area contributed by atoms with Gasteiger partial charge in [-0.2, -0.15) is 0 Å².